The molecule has 0 aliphatic heterocycles. The summed E-state index contributed by atoms with van der Waals surface area (Å²) in [5.74, 6) is 1.01. The van der Waals surface area contributed by atoms with Gasteiger partial charge in [0.15, 0.2) is 0 Å². The zero-order valence-corrected chi connectivity index (χ0v) is 7.93. The van der Waals surface area contributed by atoms with Crippen LogP contribution < -0.4 is 5.56 Å². The van der Waals surface area contributed by atoms with E-state index >= 15 is 0 Å². The summed E-state index contributed by atoms with van der Waals surface area (Å²) >= 11 is 0. The number of aromatic carboxylic acids is 1. The largest absolute Gasteiger partial charge is 0.477 e. The molecule has 1 heterocycles. The van der Waals surface area contributed by atoms with Gasteiger partial charge in [0.05, 0.1) is 6.54 Å². The first-order valence-corrected chi connectivity index (χ1v) is 4.14. The van der Waals surface area contributed by atoms with Crippen molar-refractivity contribution in [1.82, 2.24) is 4.57 Å². The fourth-order valence-corrected chi connectivity index (χ4v) is 1.14. The van der Waals surface area contributed by atoms with E-state index in [9.17, 15) is 9.59 Å². The number of terminal acetylenes is 1. The molecule has 15 heavy (non-hydrogen) atoms. The highest BCUT2D eigenvalue weighted by Gasteiger charge is 2.11. The van der Waals surface area contributed by atoms with Crippen molar-refractivity contribution in [2.24, 2.45) is 0 Å². The predicted octanol–water partition coefficient (Wildman–Crippen LogP) is 0.823. The summed E-state index contributed by atoms with van der Waals surface area (Å²) < 4.78 is 1.17. The fourth-order valence-electron chi connectivity index (χ4n) is 1.14. The SMILES string of the molecule is C#CCn1cc(C=C)cc(C(=O)O)c1=O. The third-order valence-electron chi connectivity index (χ3n) is 1.83. The van der Waals surface area contributed by atoms with Crippen molar-refractivity contribution in [3.8, 4) is 12.3 Å². The van der Waals surface area contributed by atoms with E-state index in [4.69, 9.17) is 11.5 Å². The van der Waals surface area contributed by atoms with Crippen LogP contribution in [0, 0.1) is 12.3 Å². The third kappa shape index (κ3) is 2.15. The van der Waals surface area contributed by atoms with Crippen molar-refractivity contribution < 1.29 is 9.90 Å². The van der Waals surface area contributed by atoms with Crippen molar-refractivity contribution in [3.05, 3.63) is 40.3 Å². The number of pyridine rings is 1. The lowest BCUT2D eigenvalue weighted by Gasteiger charge is -2.04. The number of carboxylic acid groups (broad SMARTS) is 1. The maximum Gasteiger partial charge on any atom is 0.341 e. The van der Waals surface area contributed by atoms with Crippen LogP contribution in [0.25, 0.3) is 6.08 Å². The number of aromatic nitrogens is 1. The normalized spacial score (nSPS) is 9.27. The highest BCUT2D eigenvalue weighted by atomic mass is 16.4. The average Bonchev–Trinajstić information content (AvgIpc) is 2.21. The van der Waals surface area contributed by atoms with Crippen LogP contribution in [-0.4, -0.2) is 15.6 Å². The lowest BCUT2D eigenvalue weighted by molar-refractivity contribution is 0.0694. The van der Waals surface area contributed by atoms with E-state index in [-0.39, 0.29) is 12.1 Å². The van der Waals surface area contributed by atoms with E-state index in [1.54, 1.807) is 0 Å². The molecular formula is C11H9NO3. The van der Waals surface area contributed by atoms with Gasteiger partial charge in [-0.2, -0.15) is 0 Å². The van der Waals surface area contributed by atoms with E-state index in [2.05, 4.69) is 12.5 Å². The number of carbonyl (C=O) groups is 1. The van der Waals surface area contributed by atoms with Gasteiger partial charge in [0.1, 0.15) is 5.56 Å². The van der Waals surface area contributed by atoms with E-state index in [1.165, 1.54) is 22.9 Å². The quantitative estimate of drug-likeness (QED) is 0.740. The molecule has 1 N–H and O–H groups in total. The molecule has 0 unspecified atom stereocenters. The first kappa shape index (κ1) is 10.8. The molecule has 0 fully saturated rings. The Morgan fingerprint density at radius 1 is 1.73 bits per heavy atom. The van der Waals surface area contributed by atoms with Crippen LogP contribution in [-0.2, 0) is 6.54 Å². The molecule has 0 bridgehead atoms. The summed E-state index contributed by atoms with van der Waals surface area (Å²) in [4.78, 5) is 22.3. The van der Waals surface area contributed by atoms with Crippen molar-refractivity contribution in [2.75, 3.05) is 0 Å². The summed E-state index contributed by atoms with van der Waals surface area (Å²) in [5.41, 5.74) is -0.365. The molecule has 0 saturated carbocycles. The molecule has 0 spiro atoms. The van der Waals surface area contributed by atoms with E-state index in [1.807, 2.05) is 0 Å². The van der Waals surface area contributed by atoms with Crippen molar-refractivity contribution in [3.63, 3.8) is 0 Å². The number of nitrogens with zero attached hydrogens (tertiary/aromatic N) is 1. The number of hydrogen-bond acceptors (Lipinski definition) is 2. The van der Waals surface area contributed by atoms with Crippen molar-refractivity contribution in [2.45, 2.75) is 6.54 Å². The molecule has 1 aromatic rings. The first-order chi connectivity index (χ1) is 7.10. The van der Waals surface area contributed by atoms with Gasteiger partial charge in [-0.3, -0.25) is 4.79 Å². The Hall–Kier alpha value is -2.28. The van der Waals surface area contributed by atoms with Gasteiger partial charge in [-0.05, 0) is 11.6 Å². The molecule has 0 aliphatic rings. The standard InChI is InChI=1S/C11H9NO3/c1-3-5-12-7-8(4-2)6-9(10(12)13)11(14)15/h1,4,6-7H,2,5H2,(H,14,15). The van der Waals surface area contributed by atoms with Gasteiger partial charge in [-0.1, -0.05) is 18.6 Å². The summed E-state index contributed by atoms with van der Waals surface area (Å²) in [6.07, 6.45) is 8.00. The maximum absolute atomic E-state index is 11.5. The molecule has 1 aromatic heterocycles. The van der Waals surface area contributed by atoms with Gasteiger partial charge in [-0.15, -0.1) is 6.42 Å². The van der Waals surface area contributed by atoms with Gasteiger partial charge in [0.25, 0.3) is 5.56 Å². The third-order valence-corrected chi connectivity index (χ3v) is 1.83. The van der Waals surface area contributed by atoms with Gasteiger partial charge < -0.3 is 9.67 Å². The van der Waals surface area contributed by atoms with Crippen LogP contribution in [0.3, 0.4) is 0 Å². The van der Waals surface area contributed by atoms with E-state index < -0.39 is 11.5 Å². The Balaban J connectivity index is 3.48. The van der Waals surface area contributed by atoms with Crippen LogP contribution in [0.1, 0.15) is 15.9 Å². The summed E-state index contributed by atoms with van der Waals surface area (Å²) in [6.45, 7) is 3.54. The fraction of sp³-hybridized carbons (Fsp3) is 0.0909. The second-order valence-corrected chi connectivity index (χ2v) is 2.83. The topological polar surface area (TPSA) is 59.3 Å². The Labute approximate surface area is 86.5 Å². The monoisotopic (exact) mass is 203 g/mol. The molecular weight excluding hydrogens is 194 g/mol. The molecule has 4 heteroatoms. The lowest BCUT2D eigenvalue weighted by atomic mass is 10.2. The lowest BCUT2D eigenvalue weighted by Crippen LogP contribution is -2.26. The van der Waals surface area contributed by atoms with Crippen LogP contribution in [0.2, 0.25) is 0 Å². The molecule has 0 aliphatic carbocycles. The smallest absolute Gasteiger partial charge is 0.341 e. The summed E-state index contributed by atoms with van der Waals surface area (Å²) in [6, 6.07) is 1.27. The Morgan fingerprint density at radius 2 is 2.40 bits per heavy atom. The number of hydrogen-bond donors (Lipinski definition) is 1. The molecule has 0 atom stereocenters. The molecule has 76 valence electrons. The Kier molecular flexibility index (Phi) is 3.09. The second-order valence-electron chi connectivity index (χ2n) is 2.83. The number of carboxylic acids is 1. The van der Waals surface area contributed by atoms with Gasteiger partial charge >= 0.3 is 5.97 Å². The molecule has 0 amide bonds. The van der Waals surface area contributed by atoms with Crippen LogP contribution in [0.5, 0.6) is 0 Å². The molecule has 0 radical (unpaired) electrons. The van der Waals surface area contributed by atoms with E-state index in [0.717, 1.165) is 0 Å². The Bertz CT molecular complexity index is 506. The average molecular weight is 203 g/mol. The molecule has 4 nitrogen and oxygen atoms in total. The minimum atomic E-state index is -1.27. The molecule has 0 aromatic carbocycles. The van der Waals surface area contributed by atoms with Gasteiger partial charge in [-0.25, -0.2) is 4.79 Å². The van der Waals surface area contributed by atoms with Gasteiger partial charge in [0, 0.05) is 6.20 Å². The van der Waals surface area contributed by atoms with Crippen LogP contribution >= 0.6 is 0 Å². The highest BCUT2D eigenvalue weighted by molar-refractivity contribution is 5.87. The zero-order chi connectivity index (χ0) is 11.4. The highest BCUT2D eigenvalue weighted by Crippen LogP contribution is 2.02. The minimum absolute atomic E-state index is 0.0425. The Morgan fingerprint density at radius 3 is 2.87 bits per heavy atom. The maximum atomic E-state index is 11.5. The van der Waals surface area contributed by atoms with Crippen molar-refractivity contribution in [1.29, 1.82) is 0 Å². The number of rotatable bonds is 3. The van der Waals surface area contributed by atoms with Gasteiger partial charge in [0.2, 0.25) is 0 Å². The molecule has 0 saturated heterocycles. The molecule has 1 rings (SSSR count). The van der Waals surface area contributed by atoms with Crippen molar-refractivity contribution >= 4 is 12.0 Å². The second kappa shape index (κ2) is 4.29. The van der Waals surface area contributed by atoms with Crippen LogP contribution in [0.4, 0.5) is 0 Å². The predicted molar refractivity (Wildman–Crippen MR) is 56.6 cm³/mol. The zero-order valence-electron chi connectivity index (χ0n) is 7.93. The first-order valence-electron chi connectivity index (χ1n) is 4.14. The minimum Gasteiger partial charge on any atom is -0.477 e. The summed E-state index contributed by atoms with van der Waals surface area (Å²) in [5, 5.41) is 8.78. The van der Waals surface area contributed by atoms with Crippen LogP contribution in [0.15, 0.2) is 23.6 Å². The van der Waals surface area contributed by atoms with E-state index in [0.29, 0.717) is 5.56 Å². The summed E-state index contributed by atoms with van der Waals surface area (Å²) in [7, 11) is 0.